The minimum absolute atomic E-state index is 0.0267. The van der Waals surface area contributed by atoms with E-state index in [1.54, 1.807) is 0 Å². The second-order valence-electron chi connectivity index (χ2n) is 3.16. The lowest BCUT2D eigenvalue weighted by atomic mass is 10.2. The zero-order valence-corrected chi connectivity index (χ0v) is 9.07. The number of hydrogen-bond acceptors (Lipinski definition) is 3. The Morgan fingerprint density at radius 1 is 1.36 bits per heavy atom. The summed E-state index contributed by atoms with van der Waals surface area (Å²) in [6.07, 6.45) is 0.909. The molecule has 1 aliphatic rings. The van der Waals surface area contributed by atoms with Crippen LogP contribution in [0.15, 0.2) is 24.3 Å². The van der Waals surface area contributed by atoms with E-state index < -0.39 is 0 Å². The first-order valence-electron chi connectivity index (χ1n) is 4.44. The number of benzene rings is 1. The summed E-state index contributed by atoms with van der Waals surface area (Å²) in [4.78, 5) is 11.3. The van der Waals surface area contributed by atoms with E-state index in [-0.39, 0.29) is 11.2 Å². The highest BCUT2D eigenvalue weighted by Crippen LogP contribution is 2.23. The van der Waals surface area contributed by atoms with Crippen molar-refractivity contribution in [1.82, 2.24) is 0 Å². The van der Waals surface area contributed by atoms with E-state index in [1.165, 1.54) is 11.8 Å². The number of hydrogen-bond donors (Lipinski definition) is 1. The second kappa shape index (κ2) is 4.24. The van der Waals surface area contributed by atoms with Gasteiger partial charge in [-0.15, -0.1) is 0 Å². The van der Waals surface area contributed by atoms with Crippen molar-refractivity contribution in [1.29, 1.82) is 0 Å². The fraction of sp³-hybridized carbons (Fsp3) is 0.300. The van der Waals surface area contributed by atoms with E-state index in [0.29, 0.717) is 5.02 Å². The summed E-state index contributed by atoms with van der Waals surface area (Å²) in [5, 5.41) is 4.14. The van der Waals surface area contributed by atoms with Crippen molar-refractivity contribution in [2.24, 2.45) is 0 Å². The molecule has 14 heavy (non-hydrogen) atoms. The minimum atomic E-state index is -0.0267. The molecule has 1 aromatic carbocycles. The molecule has 0 saturated carbocycles. The average molecular weight is 228 g/mol. The Bertz CT molecular complexity index is 338. The van der Waals surface area contributed by atoms with E-state index in [2.05, 4.69) is 5.32 Å². The Kier molecular flexibility index (Phi) is 2.99. The van der Waals surface area contributed by atoms with Gasteiger partial charge in [0.05, 0.1) is 6.04 Å². The van der Waals surface area contributed by atoms with Crippen LogP contribution in [0.1, 0.15) is 6.42 Å². The molecule has 0 aliphatic carbocycles. The molecule has 2 nitrogen and oxygen atoms in total. The monoisotopic (exact) mass is 227 g/mol. The Morgan fingerprint density at radius 2 is 2.07 bits per heavy atom. The predicted molar refractivity (Wildman–Crippen MR) is 60.9 cm³/mol. The van der Waals surface area contributed by atoms with E-state index in [4.69, 9.17) is 11.6 Å². The molecule has 1 unspecified atom stereocenters. The molecule has 2 rings (SSSR count). The van der Waals surface area contributed by atoms with Gasteiger partial charge in [-0.2, -0.15) is 0 Å². The number of thioether (sulfide) groups is 1. The molecule has 1 N–H and O–H groups in total. The zero-order valence-electron chi connectivity index (χ0n) is 7.50. The maximum Gasteiger partial charge on any atom is 0.211 e. The smallest absolute Gasteiger partial charge is 0.211 e. The van der Waals surface area contributed by atoms with Crippen LogP contribution in [0.4, 0.5) is 5.69 Å². The Balaban J connectivity index is 2.03. The van der Waals surface area contributed by atoms with Gasteiger partial charge in [0.15, 0.2) is 0 Å². The largest absolute Gasteiger partial charge is 0.374 e. The van der Waals surface area contributed by atoms with E-state index >= 15 is 0 Å². The summed E-state index contributed by atoms with van der Waals surface area (Å²) in [7, 11) is 0. The highest BCUT2D eigenvalue weighted by molar-refractivity contribution is 8.14. The molecule has 1 aromatic rings. The number of nitrogens with one attached hydrogen (secondary N) is 1. The van der Waals surface area contributed by atoms with Crippen LogP contribution in [0.2, 0.25) is 5.02 Å². The van der Waals surface area contributed by atoms with Crippen molar-refractivity contribution < 1.29 is 4.79 Å². The molecular weight excluding hydrogens is 218 g/mol. The Morgan fingerprint density at radius 3 is 2.64 bits per heavy atom. The van der Waals surface area contributed by atoms with Gasteiger partial charge in [0.25, 0.3) is 0 Å². The molecule has 4 heteroatoms. The van der Waals surface area contributed by atoms with Gasteiger partial charge >= 0.3 is 0 Å². The fourth-order valence-corrected chi connectivity index (χ4v) is 2.43. The molecular formula is C10H10ClNOS. The number of halogens is 1. The minimum Gasteiger partial charge on any atom is -0.374 e. The van der Waals surface area contributed by atoms with Crippen LogP contribution in [0.3, 0.4) is 0 Å². The van der Waals surface area contributed by atoms with Crippen LogP contribution in [0, 0.1) is 0 Å². The maximum atomic E-state index is 11.3. The van der Waals surface area contributed by atoms with Crippen LogP contribution in [-0.2, 0) is 4.79 Å². The third kappa shape index (κ3) is 2.22. The van der Waals surface area contributed by atoms with Gasteiger partial charge in [-0.25, -0.2) is 0 Å². The van der Waals surface area contributed by atoms with Crippen LogP contribution >= 0.6 is 23.4 Å². The molecule has 0 bridgehead atoms. The first-order chi connectivity index (χ1) is 6.75. The molecule has 74 valence electrons. The average Bonchev–Trinajstić information content (AvgIpc) is 2.56. The SMILES string of the molecule is O=C1SCCC1Nc1ccc(Cl)cc1. The van der Waals surface area contributed by atoms with Gasteiger partial charge in [0, 0.05) is 16.5 Å². The van der Waals surface area contributed by atoms with Gasteiger partial charge in [0.1, 0.15) is 0 Å². The van der Waals surface area contributed by atoms with Crippen molar-refractivity contribution in [3.05, 3.63) is 29.3 Å². The summed E-state index contributed by atoms with van der Waals surface area (Å²) < 4.78 is 0. The molecule has 0 aromatic heterocycles. The highest BCUT2D eigenvalue weighted by Gasteiger charge is 2.24. The maximum absolute atomic E-state index is 11.3. The Labute approximate surface area is 92.0 Å². The van der Waals surface area contributed by atoms with E-state index in [9.17, 15) is 4.79 Å². The molecule has 0 spiro atoms. The molecule has 1 fully saturated rings. The van der Waals surface area contributed by atoms with Crippen LogP contribution < -0.4 is 5.32 Å². The van der Waals surface area contributed by atoms with E-state index in [1.807, 2.05) is 24.3 Å². The Hall–Kier alpha value is -0.670. The molecule has 0 radical (unpaired) electrons. The van der Waals surface area contributed by atoms with Crippen molar-refractivity contribution in [2.75, 3.05) is 11.1 Å². The summed E-state index contributed by atoms with van der Waals surface area (Å²) >= 11 is 7.16. The van der Waals surface area contributed by atoms with Crippen LogP contribution in [-0.4, -0.2) is 16.9 Å². The van der Waals surface area contributed by atoms with Gasteiger partial charge in [-0.3, -0.25) is 4.79 Å². The number of anilines is 1. The van der Waals surface area contributed by atoms with Crippen LogP contribution in [0.25, 0.3) is 0 Å². The standard InChI is InChI=1S/C10H10ClNOS/c11-7-1-3-8(4-2-7)12-9-5-6-14-10(9)13/h1-4,9,12H,5-6H2. The van der Waals surface area contributed by atoms with Gasteiger partial charge in [-0.1, -0.05) is 23.4 Å². The zero-order chi connectivity index (χ0) is 9.97. The van der Waals surface area contributed by atoms with Crippen molar-refractivity contribution >= 4 is 34.2 Å². The van der Waals surface area contributed by atoms with E-state index in [0.717, 1.165) is 17.9 Å². The summed E-state index contributed by atoms with van der Waals surface area (Å²) in [6, 6.07) is 7.38. The van der Waals surface area contributed by atoms with Crippen molar-refractivity contribution in [2.45, 2.75) is 12.5 Å². The second-order valence-corrected chi connectivity index (χ2v) is 4.70. The lowest BCUT2D eigenvalue weighted by molar-refractivity contribution is -0.111. The van der Waals surface area contributed by atoms with Gasteiger partial charge in [0.2, 0.25) is 5.12 Å². The molecule has 1 heterocycles. The lowest BCUT2D eigenvalue weighted by Crippen LogP contribution is -2.22. The summed E-state index contributed by atoms with van der Waals surface area (Å²) in [6.45, 7) is 0. The molecule has 1 aliphatic heterocycles. The van der Waals surface area contributed by atoms with Crippen LogP contribution in [0.5, 0.6) is 0 Å². The normalized spacial score (nSPS) is 21.2. The van der Waals surface area contributed by atoms with Gasteiger partial charge < -0.3 is 5.32 Å². The molecule has 1 atom stereocenters. The first kappa shape index (κ1) is 9.87. The third-order valence-corrected chi connectivity index (χ3v) is 3.38. The number of carbonyl (C=O) groups excluding carboxylic acids is 1. The summed E-state index contributed by atoms with van der Waals surface area (Å²) in [5.41, 5.74) is 0.954. The first-order valence-corrected chi connectivity index (χ1v) is 5.81. The summed E-state index contributed by atoms with van der Waals surface area (Å²) in [5.74, 6) is 0.921. The number of carbonyl (C=O) groups is 1. The third-order valence-electron chi connectivity index (χ3n) is 2.12. The lowest BCUT2D eigenvalue weighted by Gasteiger charge is -2.11. The molecule has 1 saturated heterocycles. The highest BCUT2D eigenvalue weighted by atomic mass is 35.5. The number of rotatable bonds is 2. The van der Waals surface area contributed by atoms with Gasteiger partial charge in [-0.05, 0) is 30.7 Å². The molecule has 0 amide bonds. The fourth-order valence-electron chi connectivity index (χ4n) is 1.37. The van der Waals surface area contributed by atoms with Crippen molar-refractivity contribution in [3.63, 3.8) is 0 Å². The quantitative estimate of drug-likeness (QED) is 0.843. The van der Waals surface area contributed by atoms with Crippen molar-refractivity contribution in [3.8, 4) is 0 Å². The topological polar surface area (TPSA) is 29.1 Å². The predicted octanol–water partition coefficient (Wildman–Crippen LogP) is 2.78.